The number of ether oxygens (including phenoxy) is 1. The number of hydrogen-bond acceptors (Lipinski definition) is 4. The number of carbonyl (C=O) groups excluding carboxylic acids is 1. The van der Waals surface area contributed by atoms with Gasteiger partial charge in [-0.3, -0.25) is 14.4 Å². The second kappa shape index (κ2) is 7.04. The number of nitrogens with one attached hydrogen (secondary N) is 1. The molecule has 116 valence electrons. The summed E-state index contributed by atoms with van der Waals surface area (Å²) in [6.45, 7) is 3.90. The first-order valence-corrected chi connectivity index (χ1v) is 7.90. The lowest BCUT2D eigenvalue weighted by Crippen LogP contribution is -2.46. The van der Waals surface area contributed by atoms with Crippen LogP contribution in [0.2, 0.25) is 0 Å². The zero-order valence-corrected chi connectivity index (χ0v) is 12.4. The van der Waals surface area contributed by atoms with Gasteiger partial charge in [-0.1, -0.05) is 0 Å². The van der Waals surface area contributed by atoms with Crippen molar-refractivity contribution >= 4 is 5.91 Å². The van der Waals surface area contributed by atoms with Crippen LogP contribution in [0.4, 0.5) is 0 Å². The van der Waals surface area contributed by atoms with E-state index < -0.39 is 0 Å². The minimum Gasteiger partial charge on any atom is -0.381 e. The zero-order valence-electron chi connectivity index (χ0n) is 12.4. The van der Waals surface area contributed by atoms with Crippen LogP contribution in [0.1, 0.15) is 25.7 Å². The largest absolute Gasteiger partial charge is 0.381 e. The Morgan fingerprint density at radius 2 is 2.19 bits per heavy atom. The average Bonchev–Trinajstić information content (AvgIpc) is 3.13. The smallest absolute Gasteiger partial charge is 0.234 e. The quantitative estimate of drug-likeness (QED) is 0.865. The van der Waals surface area contributed by atoms with E-state index in [-0.39, 0.29) is 5.91 Å². The number of carbonyl (C=O) groups is 1. The molecule has 6 nitrogen and oxygen atoms in total. The Morgan fingerprint density at radius 3 is 2.95 bits per heavy atom. The normalized spacial score (nSPS) is 24.3. The van der Waals surface area contributed by atoms with E-state index in [0.29, 0.717) is 18.6 Å². The lowest BCUT2D eigenvalue weighted by atomic mass is 10.1. The molecule has 0 saturated carbocycles. The number of nitrogens with zero attached hydrogens (tertiary/aromatic N) is 3. The molecule has 2 fully saturated rings. The lowest BCUT2D eigenvalue weighted by Gasteiger charge is -2.27. The Hall–Kier alpha value is -1.40. The summed E-state index contributed by atoms with van der Waals surface area (Å²) >= 11 is 0. The van der Waals surface area contributed by atoms with Crippen LogP contribution in [0, 0.1) is 0 Å². The first-order chi connectivity index (χ1) is 10.3. The third-order valence-corrected chi connectivity index (χ3v) is 4.39. The van der Waals surface area contributed by atoms with Gasteiger partial charge in [0, 0.05) is 37.7 Å². The molecule has 2 aliphatic heterocycles. The molecule has 1 aromatic heterocycles. The van der Waals surface area contributed by atoms with Crippen LogP contribution in [0.25, 0.3) is 0 Å². The number of aromatic nitrogens is 2. The third kappa shape index (κ3) is 4.04. The molecule has 0 aromatic carbocycles. The van der Waals surface area contributed by atoms with Crippen LogP contribution < -0.4 is 5.32 Å². The summed E-state index contributed by atoms with van der Waals surface area (Å²) in [5.74, 6) is 0.147. The molecule has 3 rings (SSSR count). The zero-order chi connectivity index (χ0) is 14.5. The fourth-order valence-corrected chi connectivity index (χ4v) is 3.23. The standard InChI is InChI=1S/C15H24N4O2/c20-15(17-13-4-9-21-10-5-13)12-18-7-1-3-14(18)11-19-8-2-6-16-19/h2,6,8,13-14H,1,3-5,7,9-12H2,(H,17,20)/t14-/m1/s1. The van der Waals surface area contributed by atoms with Crippen molar-refractivity contribution in [2.24, 2.45) is 0 Å². The maximum Gasteiger partial charge on any atom is 0.234 e. The molecule has 0 unspecified atom stereocenters. The van der Waals surface area contributed by atoms with Gasteiger partial charge in [0.1, 0.15) is 0 Å². The minimum atomic E-state index is 0.147. The van der Waals surface area contributed by atoms with Crippen LogP contribution in [0.15, 0.2) is 18.5 Å². The highest BCUT2D eigenvalue weighted by Gasteiger charge is 2.27. The number of hydrogen-bond donors (Lipinski definition) is 1. The molecule has 0 bridgehead atoms. The highest BCUT2D eigenvalue weighted by Crippen LogP contribution is 2.18. The second-order valence-corrected chi connectivity index (χ2v) is 5.95. The molecule has 1 N–H and O–H groups in total. The Labute approximate surface area is 125 Å². The van der Waals surface area contributed by atoms with Crippen molar-refractivity contribution in [2.45, 2.75) is 44.3 Å². The van der Waals surface area contributed by atoms with Crippen molar-refractivity contribution in [1.82, 2.24) is 20.0 Å². The summed E-state index contributed by atoms with van der Waals surface area (Å²) in [6, 6.07) is 2.65. The maximum atomic E-state index is 12.2. The summed E-state index contributed by atoms with van der Waals surface area (Å²) in [4.78, 5) is 14.5. The van der Waals surface area contributed by atoms with E-state index in [0.717, 1.165) is 52.0 Å². The van der Waals surface area contributed by atoms with Crippen molar-refractivity contribution in [3.8, 4) is 0 Å². The summed E-state index contributed by atoms with van der Waals surface area (Å²) in [5.41, 5.74) is 0. The van der Waals surface area contributed by atoms with Gasteiger partial charge < -0.3 is 10.1 Å². The molecule has 1 atom stereocenters. The van der Waals surface area contributed by atoms with Crippen molar-refractivity contribution in [3.63, 3.8) is 0 Å². The Kier molecular flexibility index (Phi) is 4.87. The van der Waals surface area contributed by atoms with E-state index in [1.54, 1.807) is 6.20 Å². The molecule has 6 heteroatoms. The second-order valence-electron chi connectivity index (χ2n) is 5.95. The molecule has 0 radical (unpaired) electrons. The van der Waals surface area contributed by atoms with Crippen molar-refractivity contribution in [2.75, 3.05) is 26.3 Å². The topological polar surface area (TPSA) is 59.4 Å². The van der Waals surface area contributed by atoms with Gasteiger partial charge in [0.15, 0.2) is 0 Å². The van der Waals surface area contributed by atoms with Gasteiger partial charge >= 0.3 is 0 Å². The molecule has 1 aromatic rings. The van der Waals surface area contributed by atoms with Gasteiger partial charge in [0.05, 0.1) is 13.1 Å². The maximum absolute atomic E-state index is 12.2. The predicted molar refractivity (Wildman–Crippen MR) is 78.8 cm³/mol. The van der Waals surface area contributed by atoms with E-state index in [2.05, 4.69) is 15.3 Å². The van der Waals surface area contributed by atoms with Crippen LogP contribution in [-0.2, 0) is 16.1 Å². The monoisotopic (exact) mass is 292 g/mol. The lowest BCUT2D eigenvalue weighted by molar-refractivity contribution is -0.123. The van der Waals surface area contributed by atoms with E-state index >= 15 is 0 Å². The highest BCUT2D eigenvalue weighted by molar-refractivity contribution is 5.78. The number of rotatable bonds is 5. The summed E-state index contributed by atoms with van der Waals surface area (Å²) in [7, 11) is 0. The van der Waals surface area contributed by atoms with Gasteiger partial charge in [-0.15, -0.1) is 0 Å². The van der Waals surface area contributed by atoms with Crippen LogP contribution in [-0.4, -0.2) is 59.0 Å². The van der Waals surface area contributed by atoms with Crippen LogP contribution >= 0.6 is 0 Å². The highest BCUT2D eigenvalue weighted by atomic mass is 16.5. The number of amides is 1. The fourth-order valence-electron chi connectivity index (χ4n) is 3.23. The Bertz CT molecular complexity index is 443. The van der Waals surface area contributed by atoms with Crippen molar-refractivity contribution in [3.05, 3.63) is 18.5 Å². The van der Waals surface area contributed by atoms with Gasteiger partial charge in [0.2, 0.25) is 5.91 Å². The fraction of sp³-hybridized carbons (Fsp3) is 0.733. The first kappa shape index (κ1) is 14.5. The molecular formula is C15H24N4O2. The Balaban J connectivity index is 1.47. The molecule has 0 spiro atoms. The van der Waals surface area contributed by atoms with E-state index in [1.807, 2.05) is 16.9 Å². The predicted octanol–water partition coefficient (Wildman–Crippen LogP) is 0.643. The van der Waals surface area contributed by atoms with E-state index in [9.17, 15) is 4.79 Å². The summed E-state index contributed by atoms with van der Waals surface area (Å²) in [5, 5.41) is 7.40. The van der Waals surface area contributed by atoms with Gasteiger partial charge in [0.25, 0.3) is 0 Å². The van der Waals surface area contributed by atoms with Crippen molar-refractivity contribution in [1.29, 1.82) is 0 Å². The molecule has 3 heterocycles. The van der Waals surface area contributed by atoms with Gasteiger partial charge in [-0.25, -0.2) is 0 Å². The van der Waals surface area contributed by atoms with Gasteiger partial charge in [-0.05, 0) is 38.3 Å². The molecule has 2 aliphatic rings. The first-order valence-electron chi connectivity index (χ1n) is 7.90. The van der Waals surface area contributed by atoms with Crippen LogP contribution in [0.5, 0.6) is 0 Å². The molecular weight excluding hydrogens is 268 g/mol. The van der Waals surface area contributed by atoms with Crippen LogP contribution in [0.3, 0.4) is 0 Å². The SMILES string of the molecule is O=C(CN1CCC[C@@H]1Cn1cccn1)NC1CCOCC1. The Morgan fingerprint density at radius 1 is 1.33 bits per heavy atom. The minimum absolute atomic E-state index is 0.147. The summed E-state index contributed by atoms with van der Waals surface area (Å²) < 4.78 is 7.28. The molecule has 0 aliphatic carbocycles. The average molecular weight is 292 g/mol. The van der Waals surface area contributed by atoms with E-state index in [4.69, 9.17) is 4.74 Å². The van der Waals surface area contributed by atoms with Crippen molar-refractivity contribution < 1.29 is 9.53 Å². The number of likely N-dealkylation sites (tertiary alicyclic amines) is 1. The van der Waals surface area contributed by atoms with Gasteiger partial charge in [-0.2, -0.15) is 5.10 Å². The summed E-state index contributed by atoms with van der Waals surface area (Å²) in [6.07, 6.45) is 7.96. The van der Waals surface area contributed by atoms with E-state index in [1.165, 1.54) is 0 Å². The third-order valence-electron chi connectivity index (χ3n) is 4.39. The molecule has 1 amide bonds. The molecule has 2 saturated heterocycles. The molecule has 21 heavy (non-hydrogen) atoms.